The van der Waals surface area contributed by atoms with Gasteiger partial charge in [-0.15, -0.1) is 0 Å². The highest BCUT2D eigenvalue weighted by molar-refractivity contribution is 5.42. The van der Waals surface area contributed by atoms with Crippen LogP contribution in [0.4, 0.5) is 10.1 Å². The summed E-state index contributed by atoms with van der Waals surface area (Å²) >= 11 is 0. The van der Waals surface area contributed by atoms with Crippen molar-refractivity contribution in [3.05, 3.63) is 24.0 Å². The summed E-state index contributed by atoms with van der Waals surface area (Å²) in [6, 6.07) is 4.57. The van der Waals surface area contributed by atoms with Crippen LogP contribution in [0.3, 0.4) is 0 Å². The maximum absolute atomic E-state index is 13.4. The molecule has 0 unspecified atom stereocenters. The summed E-state index contributed by atoms with van der Waals surface area (Å²) in [5, 5.41) is 0. The molecule has 2 nitrogen and oxygen atoms in total. The highest BCUT2D eigenvalue weighted by atomic mass is 19.1. The van der Waals surface area contributed by atoms with Crippen LogP contribution in [0.5, 0.6) is 5.75 Å². The van der Waals surface area contributed by atoms with E-state index >= 15 is 0 Å². The third-order valence-electron chi connectivity index (χ3n) is 3.16. The highest BCUT2D eigenvalue weighted by Gasteiger charge is 2.14. The molecule has 16 heavy (non-hydrogen) atoms. The maximum Gasteiger partial charge on any atom is 0.167 e. The predicted octanol–water partition coefficient (Wildman–Crippen LogP) is 3.37. The lowest BCUT2D eigenvalue weighted by atomic mass is 9.90. The van der Waals surface area contributed by atoms with E-state index in [1.807, 2.05) is 0 Å². The molecule has 1 aromatic carbocycles. The van der Waals surface area contributed by atoms with Crippen LogP contribution in [0.1, 0.15) is 32.1 Å². The second kappa shape index (κ2) is 5.19. The van der Waals surface area contributed by atoms with Crippen molar-refractivity contribution >= 4 is 5.69 Å². The number of hydrogen-bond donors (Lipinski definition) is 1. The average molecular weight is 223 g/mol. The van der Waals surface area contributed by atoms with Gasteiger partial charge in [0.25, 0.3) is 0 Å². The molecule has 1 fully saturated rings. The Bertz CT molecular complexity index is 348. The molecule has 0 bridgehead atoms. The van der Waals surface area contributed by atoms with Crippen LogP contribution in [0, 0.1) is 11.7 Å². The standard InChI is InChI=1S/C13H18FNO/c14-12-8-11(15)6-7-13(12)16-9-10-4-2-1-3-5-10/h6-8,10H,1-5,9,15H2. The smallest absolute Gasteiger partial charge is 0.167 e. The van der Waals surface area contributed by atoms with E-state index in [0.29, 0.717) is 24.0 Å². The van der Waals surface area contributed by atoms with Gasteiger partial charge in [0, 0.05) is 11.8 Å². The van der Waals surface area contributed by atoms with E-state index in [1.54, 1.807) is 12.1 Å². The fourth-order valence-electron chi connectivity index (χ4n) is 2.20. The molecule has 1 aromatic rings. The summed E-state index contributed by atoms with van der Waals surface area (Å²) in [5.74, 6) is 0.543. The molecule has 0 heterocycles. The Balaban J connectivity index is 1.88. The minimum atomic E-state index is -0.365. The first-order chi connectivity index (χ1) is 7.75. The molecule has 0 spiro atoms. The normalized spacial score (nSPS) is 17.3. The molecule has 3 heteroatoms. The summed E-state index contributed by atoms with van der Waals surface area (Å²) in [6.07, 6.45) is 6.29. The number of ether oxygens (including phenoxy) is 1. The summed E-state index contributed by atoms with van der Waals surface area (Å²) in [6.45, 7) is 0.626. The van der Waals surface area contributed by atoms with E-state index in [2.05, 4.69) is 0 Å². The molecule has 1 aliphatic rings. The second-order valence-corrected chi connectivity index (χ2v) is 4.50. The maximum atomic E-state index is 13.4. The van der Waals surface area contributed by atoms with Crippen molar-refractivity contribution in [1.82, 2.24) is 0 Å². The van der Waals surface area contributed by atoms with Gasteiger partial charge in [-0.2, -0.15) is 0 Å². The van der Waals surface area contributed by atoms with Crippen molar-refractivity contribution < 1.29 is 9.13 Å². The van der Waals surface area contributed by atoms with E-state index in [0.717, 1.165) is 0 Å². The first-order valence-electron chi connectivity index (χ1n) is 5.93. The van der Waals surface area contributed by atoms with Gasteiger partial charge in [-0.1, -0.05) is 19.3 Å². The average Bonchev–Trinajstić information content (AvgIpc) is 2.29. The zero-order chi connectivity index (χ0) is 11.4. The predicted molar refractivity (Wildman–Crippen MR) is 62.9 cm³/mol. The van der Waals surface area contributed by atoms with Crippen LogP contribution >= 0.6 is 0 Å². The van der Waals surface area contributed by atoms with Crippen molar-refractivity contribution in [3.63, 3.8) is 0 Å². The molecule has 1 saturated carbocycles. The summed E-state index contributed by atoms with van der Waals surface area (Å²) in [5.41, 5.74) is 5.90. The van der Waals surface area contributed by atoms with Gasteiger partial charge < -0.3 is 10.5 Å². The Hall–Kier alpha value is -1.25. The minimum Gasteiger partial charge on any atom is -0.490 e. The van der Waals surface area contributed by atoms with Crippen molar-refractivity contribution in [1.29, 1.82) is 0 Å². The lowest BCUT2D eigenvalue weighted by Crippen LogP contribution is -2.15. The van der Waals surface area contributed by atoms with Gasteiger partial charge in [-0.05, 0) is 30.9 Å². The Kier molecular flexibility index (Phi) is 3.65. The first kappa shape index (κ1) is 11.2. The van der Waals surface area contributed by atoms with Gasteiger partial charge >= 0.3 is 0 Å². The molecule has 0 aliphatic heterocycles. The van der Waals surface area contributed by atoms with E-state index < -0.39 is 0 Å². The van der Waals surface area contributed by atoms with Gasteiger partial charge in [0.05, 0.1) is 6.61 Å². The number of rotatable bonds is 3. The van der Waals surface area contributed by atoms with Gasteiger partial charge in [0.15, 0.2) is 11.6 Å². The largest absolute Gasteiger partial charge is 0.490 e. The number of nitrogen functional groups attached to an aromatic ring is 1. The Morgan fingerprint density at radius 2 is 2.00 bits per heavy atom. The molecule has 1 aliphatic carbocycles. The van der Waals surface area contributed by atoms with Crippen LogP contribution in [0.2, 0.25) is 0 Å². The van der Waals surface area contributed by atoms with Crippen LogP contribution in [0.15, 0.2) is 18.2 Å². The summed E-state index contributed by atoms with van der Waals surface area (Å²) in [7, 11) is 0. The van der Waals surface area contributed by atoms with Crippen molar-refractivity contribution in [2.24, 2.45) is 5.92 Å². The summed E-state index contributed by atoms with van der Waals surface area (Å²) < 4.78 is 18.9. The Morgan fingerprint density at radius 1 is 1.25 bits per heavy atom. The van der Waals surface area contributed by atoms with Crippen LogP contribution < -0.4 is 10.5 Å². The SMILES string of the molecule is Nc1ccc(OCC2CCCCC2)c(F)c1. The lowest BCUT2D eigenvalue weighted by Gasteiger charge is -2.21. The molecule has 0 amide bonds. The number of halogens is 1. The fourth-order valence-corrected chi connectivity index (χ4v) is 2.20. The number of benzene rings is 1. The van der Waals surface area contributed by atoms with E-state index in [1.165, 1.54) is 38.2 Å². The third kappa shape index (κ3) is 2.87. The molecule has 2 rings (SSSR count). The quantitative estimate of drug-likeness (QED) is 0.797. The highest BCUT2D eigenvalue weighted by Crippen LogP contribution is 2.26. The van der Waals surface area contributed by atoms with Gasteiger partial charge in [0.1, 0.15) is 0 Å². The minimum absolute atomic E-state index is 0.319. The van der Waals surface area contributed by atoms with Gasteiger partial charge in [-0.25, -0.2) is 4.39 Å². The topological polar surface area (TPSA) is 35.2 Å². The number of anilines is 1. The molecular formula is C13H18FNO. The monoisotopic (exact) mass is 223 g/mol. The lowest BCUT2D eigenvalue weighted by molar-refractivity contribution is 0.202. The van der Waals surface area contributed by atoms with Gasteiger partial charge in [0.2, 0.25) is 0 Å². The molecule has 0 radical (unpaired) electrons. The molecular weight excluding hydrogens is 205 g/mol. The molecule has 0 saturated heterocycles. The van der Waals surface area contributed by atoms with Crippen LogP contribution in [-0.2, 0) is 0 Å². The first-order valence-corrected chi connectivity index (χ1v) is 5.93. The zero-order valence-electron chi connectivity index (χ0n) is 9.42. The zero-order valence-corrected chi connectivity index (χ0v) is 9.42. The van der Waals surface area contributed by atoms with Gasteiger partial charge in [-0.3, -0.25) is 0 Å². The van der Waals surface area contributed by atoms with Crippen LogP contribution in [0.25, 0.3) is 0 Å². The van der Waals surface area contributed by atoms with E-state index in [-0.39, 0.29) is 5.82 Å². The Morgan fingerprint density at radius 3 is 2.69 bits per heavy atom. The molecule has 0 atom stereocenters. The fraction of sp³-hybridized carbons (Fsp3) is 0.538. The third-order valence-corrected chi connectivity index (χ3v) is 3.16. The van der Waals surface area contributed by atoms with Crippen LogP contribution in [-0.4, -0.2) is 6.61 Å². The number of hydrogen-bond acceptors (Lipinski definition) is 2. The molecule has 2 N–H and O–H groups in total. The van der Waals surface area contributed by atoms with Crippen molar-refractivity contribution in [2.45, 2.75) is 32.1 Å². The van der Waals surface area contributed by atoms with Crippen molar-refractivity contribution in [3.8, 4) is 5.75 Å². The molecule has 0 aromatic heterocycles. The van der Waals surface area contributed by atoms with E-state index in [4.69, 9.17) is 10.5 Å². The molecule has 88 valence electrons. The Labute approximate surface area is 95.6 Å². The van der Waals surface area contributed by atoms with Crippen molar-refractivity contribution in [2.75, 3.05) is 12.3 Å². The van der Waals surface area contributed by atoms with E-state index in [9.17, 15) is 4.39 Å². The number of nitrogens with two attached hydrogens (primary N) is 1. The summed E-state index contributed by atoms with van der Waals surface area (Å²) in [4.78, 5) is 0. The second-order valence-electron chi connectivity index (χ2n) is 4.50.